The number of rotatable bonds is 4. The maximum atomic E-state index is 5.75. The highest BCUT2D eigenvalue weighted by Gasteiger charge is 1.87. The average Bonchev–Trinajstić information content (AvgIpc) is 1.85. The van der Waals surface area contributed by atoms with Crippen LogP contribution in [-0.4, -0.2) is 0 Å². The molecule has 0 bridgehead atoms. The monoisotopic (exact) mass is 144 g/mol. The molecule has 0 spiro atoms. The van der Waals surface area contributed by atoms with Crippen LogP contribution in [0.15, 0.2) is 23.8 Å². The van der Waals surface area contributed by atoms with Crippen molar-refractivity contribution in [2.45, 2.75) is 26.2 Å². The highest BCUT2D eigenvalue weighted by Crippen LogP contribution is 2.10. The van der Waals surface area contributed by atoms with E-state index in [1.54, 1.807) is 6.08 Å². The lowest BCUT2D eigenvalue weighted by molar-refractivity contribution is 0.807. The Morgan fingerprint density at radius 1 is 1.67 bits per heavy atom. The van der Waals surface area contributed by atoms with Gasteiger partial charge in [-0.25, -0.2) is 0 Å². The zero-order valence-electron chi connectivity index (χ0n) is 5.86. The summed E-state index contributed by atoms with van der Waals surface area (Å²) in [5.74, 6) is 0. The third-order valence-electron chi connectivity index (χ3n) is 1.07. The Morgan fingerprint density at radius 2 is 2.33 bits per heavy atom. The summed E-state index contributed by atoms with van der Waals surface area (Å²) in [7, 11) is 0. The Hall–Kier alpha value is -0.230. The van der Waals surface area contributed by atoms with Crippen LogP contribution in [0.5, 0.6) is 0 Å². The van der Waals surface area contributed by atoms with Gasteiger partial charge < -0.3 is 0 Å². The normalized spacial score (nSPS) is 11.6. The van der Waals surface area contributed by atoms with Gasteiger partial charge in [-0.15, -0.1) is 0 Å². The van der Waals surface area contributed by atoms with Gasteiger partial charge in [0.15, 0.2) is 0 Å². The summed E-state index contributed by atoms with van der Waals surface area (Å²) >= 11 is 5.75. The van der Waals surface area contributed by atoms with Crippen LogP contribution in [0.3, 0.4) is 0 Å². The molecule has 0 heterocycles. The second-order valence-electron chi connectivity index (χ2n) is 1.95. The SMILES string of the molecule is C=CC=C(Cl)CCCC. The predicted octanol–water partition coefficient (Wildman–Crippen LogP) is 3.49. The van der Waals surface area contributed by atoms with Crippen LogP contribution >= 0.6 is 11.6 Å². The van der Waals surface area contributed by atoms with E-state index in [2.05, 4.69) is 13.5 Å². The molecule has 0 rings (SSSR count). The molecule has 0 aliphatic rings. The molecule has 1 heteroatoms. The van der Waals surface area contributed by atoms with Crippen LogP contribution in [0.4, 0.5) is 0 Å². The molecule has 0 fully saturated rings. The first kappa shape index (κ1) is 8.77. The van der Waals surface area contributed by atoms with Crippen molar-refractivity contribution in [3.8, 4) is 0 Å². The zero-order valence-corrected chi connectivity index (χ0v) is 6.62. The number of unbranched alkanes of at least 4 members (excludes halogenated alkanes) is 1. The minimum Gasteiger partial charge on any atom is -0.0990 e. The minimum absolute atomic E-state index is 0.909. The Morgan fingerprint density at radius 3 is 2.78 bits per heavy atom. The summed E-state index contributed by atoms with van der Waals surface area (Å²) in [6, 6.07) is 0. The van der Waals surface area contributed by atoms with Crippen LogP contribution in [0, 0.1) is 0 Å². The Balaban J connectivity index is 3.36. The molecule has 0 atom stereocenters. The van der Waals surface area contributed by atoms with E-state index in [-0.39, 0.29) is 0 Å². The maximum Gasteiger partial charge on any atom is 0.0180 e. The van der Waals surface area contributed by atoms with Gasteiger partial charge in [0.2, 0.25) is 0 Å². The van der Waals surface area contributed by atoms with Crippen LogP contribution in [0.1, 0.15) is 26.2 Å². The van der Waals surface area contributed by atoms with Crippen LogP contribution < -0.4 is 0 Å². The van der Waals surface area contributed by atoms with Crippen molar-refractivity contribution in [3.05, 3.63) is 23.8 Å². The summed E-state index contributed by atoms with van der Waals surface area (Å²) in [5.41, 5.74) is 0. The summed E-state index contributed by atoms with van der Waals surface area (Å²) in [6.07, 6.45) is 6.92. The van der Waals surface area contributed by atoms with Crippen LogP contribution in [0.2, 0.25) is 0 Å². The second-order valence-corrected chi connectivity index (χ2v) is 2.44. The standard InChI is InChI=1S/C8H13Cl/c1-3-5-7-8(9)6-4-2/h4,6H,2-3,5,7H2,1H3. The van der Waals surface area contributed by atoms with Crippen molar-refractivity contribution < 1.29 is 0 Å². The van der Waals surface area contributed by atoms with Crippen molar-refractivity contribution in [1.82, 2.24) is 0 Å². The maximum absolute atomic E-state index is 5.75. The lowest BCUT2D eigenvalue weighted by Crippen LogP contribution is -1.71. The minimum atomic E-state index is 0.909. The molecular formula is C8H13Cl. The topological polar surface area (TPSA) is 0 Å². The number of hydrogen-bond acceptors (Lipinski definition) is 0. The van der Waals surface area contributed by atoms with Crippen molar-refractivity contribution in [2.75, 3.05) is 0 Å². The van der Waals surface area contributed by atoms with Gasteiger partial charge >= 0.3 is 0 Å². The van der Waals surface area contributed by atoms with Gasteiger partial charge in [0, 0.05) is 5.03 Å². The second kappa shape index (κ2) is 5.90. The van der Waals surface area contributed by atoms with E-state index in [1.807, 2.05) is 6.08 Å². The molecule has 9 heavy (non-hydrogen) atoms. The van der Waals surface area contributed by atoms with E-state index in [9.17, 15) is 0 Å². The molecule has 0 nitrogen and oxygen atoms in total. The summed E-state index contributed by atoms with van der Waals surface area (Å²) in [5, 5.41) is 0.909. The third-order valence-corrected chi connectivity index (χ3v) is 1.38. The van der Waals surface area contributed by atoms with E-state index >= 15 is 0 Å². The first-order valence-electron chi connectivity index (χ1n) is 3.28. The predicted molar refractivity (Wildman–Crippen MR) is 43.7 cm³/mol. The van der Waals surface area contributed by atoms with Crippen molar-refractivity contribution in [1.29, 1.82) is 0 Å². The Bertz CT molecular complexity index is 103. The van der Waals surface area contributed by atoms with E-state index in [4.69, 9.17) is 11.6 Å². The molecule has 0 aliphatic carbocycles. The number of halogens is 1. The fraction of sp³-hybridized carbons (Fsp3) is 0.500. The summed E-state index contributed by atoms with van der Waals surface area (Å²) in [4.78, 5) is 0. The van der Waals surface area contributed by atoms with E-state index < -0.39 is 0 Å². The lowest BCUT2D eigenvalue weighted by atomic mass is 10.2. The molecule has 52 valence electrons. The van der Waals surface area contributed by atoms with Crippen LogP contribution in [-0.2, 0) is 0 Å². The molecule has 0 saturated heterocycles. The fourth-order valence-corrected chi connectivity index (χ4v) is 0.780. The molecule has 0 aromatic heterocycles. The van der Waals surface area contributed by atoms with Gasteiger partial charge in [0.1, 0.15) is 0 Å². The van der Waals surface area contributed by atoms with Crippen molar-refractivity contribution in [3.63, 3.8) is 0 Å². The molecule has 0 aromatic rings. The fourth-order valence-electron chi connectivity index (χ4n) is 0.557. The van der Waals surface area contributed by atoms with Gasteiger partial charge in [-0.05, 0) is 18.9 Å². The third kappa shape index (κ3) is 5.64. The summed E-state index contributed by atoms with van der Waals surface area (Å²) in [6.45, 7) is 5.70. The lowest BCUT2D eigenvalue weighted by Gasteiger charge is -1.92. The molecule has 0 aliphatic heterocycles. The molecule has 0 saturated carbocycles. The van der Waals surface area contributed by atoms with E-state index in [1.165, 1.54) is 12.8 Å². The highest BCUT2D eigenvalue weighted by molar-refractivity contribution is 6.29. The first-order valence-corrected chi connectivity index (χ1v) is 3.66. The quantitative estimate of drug-likeness (QED) is 0.530. The average molecular weight is 145 g/mol. The van der Waals surface area contributed by atoms with Gasteiger partial charge in [0.05, 0.1) is 0 Å². The van der Waals surface area contributed by atoms with Crippen LogP contribution in [0.25, 0.3) is 0 Å². The Kier molecular flexibility index (Phi) is 5.75. The largest absolute Gasteiger partial charge is 0.0990 e. The van der Waals surface area contributed by atoms with Gasteiger partial charge in [-0.2, -0.15) is 0 Å². The van der Waals surface area contributed by atoms with E-state index in [0.717, 1.165) is 11.5 Å². The summed E-state index contributed by atoms with van der Waals surface area (Å²) < 4.78 is 0. The van der Waals surface area contributed by atoms with Gasteiger partial charge in [-0.1, -0.05) is 37.6 Å². The smallest absolute Gasteiger partial charge is 0.0180 e. The molecular weight excluding hydrogens is 132 g/mol. The number of allylic oxidation sites excluding steroid dienone is 3. The Labute approximate surface area is 62.2 Å². The number of hydrogen-bond donors (Lipinski definition) is 0. The van der Waals surface area contributed by atoms with E-state index in [0.29, 0.717) is 0 Å². The molecule has 0 amide bonds. The molecule has 0 aromatic carbocycles. The highest BCUT2D eigenvalue weighted by atomic mass is 35.5. The molecule has 0 radical (unpaired) electrons. The molecule has 0 unspecified atom stereocenters. The molecule has 0 N–H and O–H groups in total. The zero-order chi connectivity index (χ0) is 7.11. The van der Waals surface area contributed by atoms with Crippen molar-refractivity contribution >= 4 is 11.6 Å². The van der Waals surface area contributed by atoms with Gasteiger partial charge in [0.25, 0.3) is 0 Å². The first-order chi connectivity index (χ1) is 4.31. The van der Waals surface area contributed by atoms with Crippen molar-refractivity contribution in [2.24, 2.45) is 0 Å². The van der Waals surface area contributed by atoms with Gasteiger partial charge in [-0.3, -0.25) is 0 Å².